The van der Waals surface area contributed by atoms with E-state index in [4.69, 9.17) is 0 Å². The van der Waals surface area contributed by atoms with Gasteiger partial charge in [0, 0.05) is 9.86 Å². The summed E-state index contributed by atoms with van der Waals surface area (Å²) < 4.78 is 33.7. The molecule has 0 aromatic heterocycles. The molecule has 0 aliphatic carbocycles. The minimum absolute atomic E-state index is 0.0173. The van der Waals surface area contributed by atoms with E-state index < -0.39 is 10.1 Å². The summed E-state index contributed by atoms with van der Waals surface area (Å²) in [5.41, 5.74) is 0. The van der Waals surface area contributed by atoms with Gasteiger partial charge in [0.1, 0.15) is 4.90 Å². The first-order chi connectivity index (χ1) is 9.98. The first-order valence-corrected chi connectivity index (χ1v) is 8.62. The summed E-state index contributed by atoms with van der Waals surface area (Å²) >= 11 is 3.36. The Morgan fingerprint density at radius 3 is 2.43 bits per heavy atom. The standard InChI is InChI=1S/C16H7BrO3S/c17-15-11-6-10-8-3-1-2-7-4-5-9(13(11)12(7)8)14(10)16(15)21(18,19)20/h1-6H,(H,18,19,20). The number of benzene rings is 7. The quantitative estimate of drug-likeness (QED) is 0.351. The van der Waals surface area contributed by atoms with Crippen LogP contribution in [0.25, 0.3) is 43.1 Å². The summed E-state index contributed by atoms with van der Waals surface area (Å²) in [7, 11) is -4.29. The second-order valence-electron chi connectivity index (χ2n) is 5.36. The number of rotatable bonds is 1. The third-order valence-corrected chi connectivity index (χ3v) is 6.36. The van der Waals surface area contributed by atoms with Crippen LogP contribution in [0.4, 0.5) is 0 Å². The van der Waals surface area contributed by atoms with Crippen LogP contribution in [0.5, 0.6) is 0 Å². The van der Waals surface area contributed by atoms with Gasteiger partial charge in [0.25, 0.3) is 10.1 Å². The van der Waals surface area contributed by atoms with Crippen LogP contribution in [0.2, 0.25) is 0 Å². The van der Waals surface area contributed by atoms with E-state index in [0.717, 1.165) is 37.7 Å². The summed E-state index contributed by atoms with van der Waals surface area (Å²) in [5, 5.41) is 7.63. The van der Waals surface area contributed by atoms with Gasteiger partial charge in [-0.2, -0.15) is 8.42 Å². The lowest BCUT2D eigenvalue weighted by Gasteiger charge is -2.22. The fourth-order valence-corrected chi connectivity index (χ4v) is 5.57. The second kappa shape index (κ2) is 3.38. The third-order valence-electron chi connectivity index (χ3n) is 4.35. The maximum Gasteiger partial charge on any atom is 0.296 e. The van der Waals surface area contributed by atoms with E-state index in [1.54, 1.807) is 0 Å². The summed E-state index contributed by atoms with van der Waals surface area (Å²) in [6, 6.07) is 12.0. The Kier molecular flexibility index (Phi) is 1.92. The molecule has 0 spiro atoms. The van der Waals surface area contributed by atoms with Gasteiger partial charge >= 0.3 is 0 Å². The Hall–Kier alpha value is -1.69. The van der Waals surface area contributed by atoms with Gasteiger partial charge in [-0.1, -0.05) is 30.3 Å². The molecule has 6 bridgehead atoms. The average Bonchev–Trinajstić information content (AvgIpc) is 2.45. The summed E-state index contributed by atoms with van der Waals surface area (Å²) in [6.45, 7) is 0. The van der Waals surface area contributed by atoms with Crippen LogP contribution < -0.4 is 0 Å². The Morgan fingerprint density at radius 1 is 0.857 bits per heavy atom. The number of halogens is 1. The molecule has 0 saturated heterocycles. The van der Waals surface area contributed by atoms with Crippen LogP contribution in [0.3, 0.4) is 0 Å². The summed E-state index contributed by atoms with van der Waals surface area (Å²) in [6.07, 6.45) is 0. The van der Waals surface area contributed by atoms with Crippen LogP contribution in [0, 0.1) is 0 Å². The van der Waals surface area contributed by atoms with Gasteiger partial charge in [0.05, 0.1) is 0 Å². The van der Waals surface area contributed by atoms with Gasteiger partial charge in [-0.15, -0.1) is 0 Å². The zero-order valence-corrected chi connectivity index (χ0v) is 12.9. The fourth-order valence-electron chi connectivity index (χ4n) is 3.63. The first kappa shape index (κ1) is 11.9. The molecule has 0 unspecified atom stereocenters. The SMILES string of the molecule is O=S(=O)(O)c1c(Br)c2cc3c4cccc5ccc(c13)c2c54. The maximum absolute atomic E-state index is 11.8. The molecule has 3 nitrogen and oxygen atoms in total. The fraction of sp³-hybridized carbons (Fsp3) is 0. The van der Waals surface area contributed by atoms with Crippen molar-refractivity contribution in [2.24, 2.45) is 0 Å². The van der Waals surface area contributed by atoms with Crippen molar-refractivity contribution in [3.63, 3.8) is 0 Å². The van der Waals surface area contributed by atoms with Gasteiger partial charge in [0.15, 0.2) is 0 Å². The van der Waals surface area contributed by atoms with Crippen molar-refractivity contribution in [2.45, 2.75) is 4.90 Å². The van der Waals surface area contributed by atoms with Crippen LogP contribution in [0.1, 0.15) is 0 Å². The molecule has 0 heterocycles. The topological polar surface area (TPSA) is 54.4 Å². The Bertz CT molecular complexity index is 1260. The number of hydrogen-bond donors (Lipinski definition) is 1. The predicted octanol–water partition coefficient (Wildman–Crippen LogP) is 4.62. The largest absolute Gasteiger partial charge is 0.296 e. The van der Waals surface area contributed by atoms with Crippen molar-refractivity contribution in [2.75, 3.05) is 0 Å². The van der Waals surface area contributed by atoms with Crippen molar-refractivity contribution in [1.82, 2.24) is 0 Å². The molecule has 0 atom stereocenters. The van der Waals surface area contributed by atoms with E-state index in [0.29, 0.717) is 9.86 Å². The number of hydrogen-bond acceptors (Lipinski definition) is 2. The molecule has 1 N–H and O–H groups in total. The predicted molar refractivity (Wildman–Crippen MR) is 87.5 cm³/mol. The lowest BCUT2D eigenvalue weighted by atomic mass is 9.85. The summed E-state index contributed by atoms with van der Waals surface area (Å²) in [4.78, 5) is -0.0173. The van der Waals surface area contributed by atoms with Gasteiger partial charge in [-0.05, 0) is 59.7 Å². The van der Waals surface area contributed by atoms with E-state index in [9.17, 15) is 13.0 Å². The van der Waals surface area contributed by atoms with Gasteiger partial charge < -0.3 is 0 Å². The zero-order valence-electron chi connectivity index (χ0n) is 10.5. The molecule has 7 rings (SSSR count). The highest BCUT2D eigenvalue weighted by atomic mass is 79.9. The molecule has 21 heavy (non-hydrogen) atoms. The molecule has 0 aliphatic rings. The van der Waals surface area contributed by atoms with Crippen LogP contribution >= 0.6 is 15.9 Å². The zero-order chi connectivity index (χ0) is 14.5. The van der Waals surface area contributed by atoms with E-state index >= 15 is 0 Å². The molecular weight excluding hydrogens is 352 g/mol. The lowest BCUT2D eigenvalue weighted by molar-refractivity contribution is 0.484. The lowest BCUT2D eigenvalue weighted by Crippen LogP contribution is -2.05. The van der Waals surface area contributed by atoms with Crippen molar-refractivity contribution < 1.29 is 13.0 Å². The van der Waals surface area contributed by atoms with Crippen molar-refractivity contribution in [1.29, 1.82) is 0 Å². The minimum atomic E-state index is -4.29. The van der Waals surface area contributed by atoms with E-state index in [-0.39, 0.29) is 4.90 Å². The highest BCUT2D eigenvalue weighted by Crippen LogP contribution is 2.51. The molecule has 0 amide bonds. The molecule has 102 valence electrons. The van der Waals surface area contributed by atoms with Crippen molar-refractivity contribution in [3.8, 4) is 0 Å². The molecule has 0 aliphatic heterocycles. The van der Waals surface area contributed by atoms with Crippen LogP contribution in [-0.2, 0) is 10.1 Å². The van der Waals surface area contributed by atoms with Crippen LogP contribution in [0.15, 0.2) is 45.8 Å². The molecule has 0 radical (unpaired) electrons. The second-order valence-corrected chi connectivity index (χ2v) is 7.51. The molecule has 0 fully saturated rings. The Labute approximate surface area is 128 Å². The Morgan fingerprint density at radius 2 is 1.67 bits per heavy atom. The first-order valence-electron chi connectivity index (χ1n) is 6.39. The maximum atomic E-state index is 11.8. The van der Waals surface area contributed by atoms with E-state index in [1.165, 1.54) is 0 Å². The normalized spacial score (nSPS) is 13.6. The van der Waals surface area contributed by atoms with Crippen molar-refractivity contribution in [3.05, 3.63) is 40.9 Å². The highest BCUT2D eigenvalue weighted by molar-refractivity contribution is 9.10. The van der Waals surface area contributed by atoms with Gasteiger partial charge in [-0.3, -0.25) is 4.55 Å². The van der Waals surface area contributed by atoms with Crippen molar-refractivity contribution >= 4 is 69.1 Å². The highest BCUT2D eigenvalue weighted by Gasteiger charge is 2.28. The molecule has 0 saturated carbocycles. The average molecular weight is 359 g/mol. The molecule has 5 heteroatoms. The Balaban J connectivity index is 2.30. The number of fused-ring (bicyclic) bond motifs is 1. The van der Waals surface area contributed by atoms with Gasteiger partial charge in [-0.25, -0.2) is 0 Å². The van der Waals surface area contributed by atoms with Gasteiger partial charge in [0.2, 0.25) is 0 Å². The molecular formula is C16H7BrO3S. The smallest absolute Gasteiger partial charge is 0.282 e. The third kappa shape index (κ3) is 1.22. The van der Waals surface area contributed by atoms with E-state index in [2.05, 4.69) is 22.0 Å². The molecule has 7 aromatic rings. The van der Waals surface area contributed by atoms with Crippen LogP contribution in [-0.4, -0.2) is 13.0 Å². The molecule has 7 aromatic carbocycles. The minimum Gasteiger partial charge on any atom is -0.282 e. The monoisotopic (exact) mass is 358 g/mol. The van der Waals surface area contributed by atoms with E-state index in [1.807, 2.05) is 30.3 Å². The summed E-state index contributed by atoms with van der Waals surface area (Å²) in [5.74, 6) is 0.